The maximum Gasteiger partial charge on any atom is 0.242 e. The zero-order valence-corrected chi connectivity index (χ0v) is 15.2. The first-order chi connectivity index (χ1) is 12.6. The van der Waals surface area contributed by atoms with Crippen molar-refractivity contribution in [2.45, 2.75) is 13.5 Å². The first-order valence-electron chi connectivity index (χ1n) is 9.00. The lowest BCUT2D eigenvalue weighted by atomic mass is 10.2. The Bertz CT molecular complexity index is 725. The van der Waals surface area contributed by atoms with Crippen LogP contribution in [0.2, 0.25) is 0 Å². The van der Waals surface area contributed by atoms with Crippen LogP contribution < -0.4 is 4.90 Å². The normalized spacial score (nSPS) is 14.2. The zero-order valence-electron chi connectivity index (χ0n) is 15.2. The smallest absolute Gasteiger partial charge is 0.242 e. The molecular weight excluding hydrogens is 326 g/mol. The summed E-state index contributed by atoms with van der Waals surface area (Å²) < 4.78 is 0. The Balaban J connectivity index is 1.54. The van der Waals surface area contributed by atoms with Crippen LogP contribution in [0.5, 0.6) is 0 Å². The van der Waals surface area contributed by atoms with Crippen LogP contribution in [0.3, 0.4) is 0 Å². The molecule has 26 heavy (non-hydrogen) atoms. The second kappa shape index (κ2) is 8.52. The van der Waals surface area contributed by atoms with Crippen LogP contribution in [-0.4, -0.2) is 54.3 Å². The Morgan fingerprint density at radius 1 is 0.885 bits per heavy atom. The number of rotatable bonds is 5. The van der Waals surface area contributed by atoms with Crippen molar-refractivity contribution in [2.24, 2.45) is 0 Å². The minimum Gasteiger partial charge on any atom is -0.368 e. The van der Waals surface area contributed by atoms with E-state index >= 15 is 0 Å². The summed E-state index contributed by atoms with van der Waals surface area (Å²) in [6, 6.07) is 20.0. The van der Waals surface area contributed by atoms with E-state index in [0.717, 1.165) is 18.7 Å². The average Bonchev–Trinajstić information content (AvgIpc) is 2.69. The number of carbonyl (C=O) groups is 2. The fraction of sp³-hybridized carbons (Fsp3) is 0.333. The van der Waals surface area contributed by atoms with Gasteiger partial charge in [-0.1, -0.05) is 48.5 Å². The summed E-state index contributed by atoms with van der Waals surface area (Å²) in [4.78, 5) is 30.4. The zero-order chi connectivity index (χ0) is 18.4. The van der Waals surface area contributed by atoms with Gasteiger partial charge in [0.25, 0.3) is 0 Å². The average molecular weight is 351 g/mol. The molecule has 0 spiro atoms. The van der Waals surface area contributed by atoms with Gasteiger partial charge in [0.1, 0.15) is 6.54 Å². The molecule has 1 heterocycles. The number of anilines is 1. The van der Waals surface area contributed by atoms with Gasteiger partial charge in [-0.2, -0.15) is 0 Å². The van der Waals surface area contributed by atoms with Gasteiger partial charge in [-0.05, 0) is 17.7 Å². The van der Waals surface area contributed by atoms with E-state index in [0.29, 0.717) is 19.6 Å². The van der Waals surface area contributed by atoms with E-state index in [1.165, 1.54) is 12.6 Å². The largest absolute Gasteiger partial charge is 0.368 e. The third kappa shape index (κ3) is 4.63. The Morgan fingerprint density at radius 2 is 1.46 bits per heavy atom. The predicted molar refractivity (Wildman–Crippen MR) is 103 cm³/mol. The number of amides is 2. The van der Waals surface area contributed by atoms with Crippen LogP contribution >= 0.6 is 0 Å². The molecule has 0 aliphatic carbocycles. The Morgan fingerprint density at radius 3 is 2.04 bits per heavy atom. The number of hydrogen-bond donors (Lipinski definition) is 0. The molecule has 0 aromatic heterocycles. The van der Waals surface area contributed by atoms with Crippen LogP contribution in [0.1, 0.15) is 12.5 Å². The summed E-state index contributed by atoms with van der Waals surface area (Å²) in [5.41, 5.74) is 2.22. The molecule has 0 atom stereocenters. The van der Waals surface area contributed by atoms with Crippen LogP contribution in [0, 0.1) is 0 Å². The fourth-order valence-corrected chi connectivity index (χ4v) is 3.20. The lowest BCUT2D eigenvalue weighted by Crippen LogP contribution is -2.51. The molecule has 3 rings (SSSR count). The van der Waals surface area contributed by atoms with Gasteiger partial charge in [0, 0.05) is 45.3 Å². The highest BCUT2D eigenvalue weighted by atomic mass is 16.2. The monoisotopic (exact) mass is 351 g/mol. The molecule has 2 aromatic carbocycles. The van der Waals surface area contributed by atoms with Crippen molar-refractivity contribution in [3.63, 3.8) is 0 Å². The van der Waals surface area contributed by atoms with Gasteiger partial charge in [-0.15, -0.1) is 0 Å². The lowest BCUT2D eigenvalue weighted by Gasteiger charge is -2.37. The van der Waals surface area contributed by atoms with Gasteiger partial charge >= 0.3 is 0 Å². The van der Waals surface area contributed by atoms with Crippen molar-refractivity contribution < 1.29 is 9.59 Å². The minimum atomic E-state index is -0.0786. The van der Waals surface area contributed by atoms with E-state index in [2.05, 4.69) is 17.0 Å². The highest BCUT2D eigenvalue weighted by molar-refractivity contribution is 5.84. The summed E-state index contributed by atoms with van der Waals surface area (Å²) in [7, 11) is 0. The quantitative estimate of drug-likeness (QED) is 0.831. The lowest BCUT2D eigenvalue weighted by molar-refractivity contribution is -0.140. The highest BCUT2D eigenvalue weighted by Crippen LogP contribution is 2.16. The molecule has 2 aromatic rings. The predicted octanol–water partition coefficient (Wildman–Crippen LogP) is 2.38. The maximum absolute atomic E-state index is 12.7. The molecule has 2 amide bonds. The molecule has 1 fully saturated rings. The Hall–Kier alpha value is -2.82. The van der Waals surface area contributed by atoms with E-state index in [1.807, 2.05) is 53.4 Å². The highest BCUT2D eigenvalue weighted by Gasteiger charge is 2.23. The molecule has 5 nitrogen and oxygen atoms in total. The van der Waals surface area contributed by atoms with E-state index in [1.54, 1.807) is 4.90 Å². The SMILES string of the molecule is CC(=O)N(CC(=O)N1CCN(c2ccccc2)CC1)Cc1ccccc1. The third-order valence-electron chi connectivity index (χ3n) is 4.74. The van der Waals surface area contributed by atoms with E-state index in [4.69, 9.17) is 0 Å². The van der Waals surface area contributed by atoms with Gasteiger partial charge in [0.05, 0.1) is 0 Å². The first-order valence-corrected chi connectivity index (χ1v) is 9.00. The number of hydrogen-bond acceptors (Lipinski definition) is 3. The molecule has 1 saturated heterocycles. The van der Waals surface area contributed by atoms with Crippen molar-refractivity contribution in [2.75, 3.05) is 37.6 Å². The van der Waals surface area contributed by atoms with Crippen molar-refractivity contribution >= 4 is 17.5 Å². The molecule has 1 aliphatic heterocycles. The first kappa shape index (κ1) is 18.0. The Labute approximate surface area is 154 Å². The Kier molecular flexibility index (Phi) is 5.89. The molecule has 0 N–H and O–H groups in total. The van der Waals surface area contributed by atoms with Gasteiger partial charge < -0.3 is 14.7 Å². The maximum atomic E-state index is 12.7. The van der Waals surface area contributed by atoms with Crippen molar-refractivity contribution in [3.8, 4) is 0 Å². The summed E-state index contributed by atoms with van der Waals surface area (Å²) in [6.07, 6.45) is 0. The topological polar surface area (TPSA) is 43.9 Å². The molecular formula is C21H25N3O2. The number of carbonyl (C=O) groups excluding carboxylic acids is 2. The number of para-hydroxylation sites is 1. The number of benzene rings is 2. The molecule has 5 heteroatoms. The standard InChI is InChI=1S/C21H25N3O2/c1-18(25)24(16-19-8-4-2-5-9-19)17-21(26)23-14-12-22(13-15-23)20-10-6-3-7-11-20/h2-11H,12-17H2,1H3. The third-order valence-corrected chi connectivity index (χ3v) is 4.74. The molecule has 1 aliphatic rings. The molecule has 0 radical (unpaired) electrons. The van der Waals surface area contributed by atoms with E-state index < -0.39 is 0 Å². The van der Waals surface area contributed by atoms with E-state index in [-0.39, 0.29) is 18.4 Å². The number of piperazine rings is 1. The second-order valence-electron chi connectivity index (χ2n) is 6.56. The van der Waals surface area contributed by atoms with Crippen LogP contribution in [0.4, 0.5) is 5.69 Å². The van der Waals surface area contributed by atoms with Crippen LogP contribution in [0.15, 0.2) is 60.7 Å². The van der Waals surface area contributed by atoms with Crippen LogP contribution in [0.25, 0.3) is 0 Å². The minimum absolute atomic E-state index is 0.0174. The summed E-state index contributed by atoms with van der Waals surface area (Å²) in [5, 5.41) is 0. The molecule has 0 saturated carbocycles. The fourth-order valence-electron chi connectivity index (χ4n) is 3.20. The summed E-state index contributed by atoms with van der Waals surface area (Å²) in [6.45, 7) is 5.11. The van der Waals surface area contributed by atoms with E-state index in [9.17, 15) is 9.59 Å². The van der Waals surface area contributed by atoms with Crippen molar-refractivity contribution in [1.29, 1.82) is 0 Å². The van der Waals surface area contributed by atoms with Gasteiger partial charge in [-0.3, -0.25) is 9.59 Å². The van der Waals surface area contributed by atoms with Crippen molar-refractivity contribution in [1.82, 2.24) is 9.80 Å². The molecule has 136 valence electrons. The van der Waals surface area contributed by atoms with Gasteiger partial charge in [-0.25, -0.2) is 0 Å². The summed E-state index contributed by atoms with van der Waals surface area (Å²) in [5.74, 6) is -0.0611. The van der Waals surface area contributed by atoms with Crippen LogP contribution in [-0.2, 0) is 16.1 Å². The van der Waals surface area contributed by atoms with Crippen molar-refractivity contribution in [3.05, 3.63) is 66.2 Å². The second-order valence-corrected chi connectivity index (χ2v) is 6.56. The molecule has 0 bridgehead atoms. The number of nitrogens with zero attached hydrogens (tertiary/aromatic N) is 3. The van der Waals surface area contributed by atoms with Gasteiger partial charge in [0.2, 0.25) is 11.8 Å². The summed E-state index contributed by atoms with van der Waals surface area (Å²) >= 11 is 0. The van der Waals surface area contributed by atoms with Gasteiger partial charge in [0.15, 0.2) is 0 Å². The molecule has 0 unspecified atom stereocenters.